The van der Waals surface area contributed by atoms with Crippen molar-refractivity contribution >= 4 is 11.9 Å². The van der Waals surface area contributed by atoms with Crippen LogP contribution in [0.15, 0.2) is 60.7 Å². The van der Waals surface area contributed by atoms with Crippen LogP contribution >= 0.6 is 0 Å². The Morgan fingerprint density at radius 1 is 1.10 bits per heavy atom. The first kappa shape index (κ1) is 22.0. The van der Waals surface area contributed by atoms with Crippen molar-refractivity contribution in [3.63, 3.8) is 0 Å². The molecule has 0 saturated carbocycles. The lowest BCUT2D eigenvalue weighted by Gasteiger charge is -2.29. The number of likely N-dealkylation sites (tertiary alicyclic amines) is 1. The number of rotatable bonds is 8. The Kier molecular flexibility index (Phi) is 7.99. The van der Waals surface area contributed by atoms with Crippen molar-refractivity contribution in [3.8, 4) is 0 Å². The van der Waals surface area contributed by atoms with Crippen molar-refractivity contribution in [2.75, 3.05) is 26.2 Å². The summed E-state index contributed by atoms with van der Waals surface area (Å²) < 4.78 is 0. The zero-order valence-corrected chi connectivity index (χ0v) is 17.9. The number of imide groups is 1. The molecule has 1 fully saturated rings. The molecule has 6 nitrogen and oxygen atoms in total. The van der Waals surface area contributed by atoms with E-state index < -0.39 is 6.03 Å². The lowest BCUT2D eigenvalue weighted by atomic mass is 10.1. The normalized spacial score (nSPS) is 17.6. The van der Waals surface area contributed by atoms with E-state index in [0.717, 1.165) is 31.6 Å². The maximum absolute atomic E-state index is 12.4. The fraction of sp³-hybridized carbons (Fsp3) is 0.417. The van der Waals surface area contributed by atoms with Crippen molar-refractivity contribution in [1.82, 2.24) is 20.4 Å². The van der Waals surface area contributed by atoms with Crippen molar-refractivity contribution in [2.24, 2.45) is 0 Å². The Labute approximate surface area is 179 Å². The topological polar surface area (TPSA) is 64.7 Å². The van der Waals surface area contributed by atoms with Crippen molar-refractivity contribution in [1.29, 1.82) is 0 Å². The van der Waals surface area contributed by atoms with E-state index in [1.807, 2.05) is 36.4 Å². The van der Waals surface area contributed by atoms with Crippen LogP contribution in [0.1, 0.15) is 37.4 Å². The van der Waals surface area contributed by atoms with Crippen LogP contribution in [0.2, 0.25) is 0 Å². The number of hydrogen-bond acceptors (Lipinski definition) is 4. The Bertz CT molecular complexity index is 812. The van der Waals surface area contributed by atoms with Crippen LogP contribution in [0, 0.1) is 0 Å². The Morgan fingerprint density at radius 3 is 2.43 bits per heavy atom. The number of benzene rings is 2. The van der Waals surface area contributed by atoms with Gasteiger partial charge in [-0.3, -0.25) is 19.9 Å². The Balaban J connectivity index is 1.45. The van der Waals surface area contributed by atoms with E-state index in [0.29, 0.717) is 18.6 Å². The second kappa shape index (κ2) is 10.9. The molecule has 2 aromatic carbocycles. The Hall–Kier alpha value is -2.70. The molecule has 160 valence electrons. The molecule has 0 aliphatic carbocycles. The summed E-state index contributed by atoms with van der Waals surface area (Å²) in [5, 5.41) is 5.19. The smallest absolute Gasteiger partial charge is 0.321 e. The van der Waals surface area contributed by atoms with Gasteiger partial charge in [0.15, 0.2) is 0 Å². The molecule has 0 aromatic heterocycles. The summed E-state index contributed by atoms with van der Waals surface area (Å²) in [6.07, 6.45) is 1.03. The van der Waals surface area contributed by atoms with Crippen LogP contribution in [-0.2, 0) is 11.3 Å². The number of hydrogen-bond donors (Lipinski definition) is 2. The average Bonchev–Trinajstić information content (AvgIpc) is 3.27. The molecule has 0 bridgehead atoms. The van der Waals surface area contributed by atoms with Crippen LogP contribution < -0.4 is 10.6 Å². The fourth-order valence-electron chi connectivity index (χ4n) is 4.03. The molecule has 2 aromatic rings. The molecule has 0 radical (unpaired) electrons. The summed E-state index contributed by atoms with van der Waals surface area (Å²) in [6.45, 7) is 7.63. The molecule has 1 heterocycles. The van der Waals surface area contributed by atoms with Crippen molar-refractivity contribution < 1.29 is 9.59 Å². The van der Waals surface area contributed by atoms with Crippen LogP contribution in [0.5, 0.6) is 0 Å². The fourth-order valence-corrected chi connectivity index (χ4v) is 4.03. The van der Waals surface area contributed by atoms with Gasteiger partial charge in [-0.1, -0.05) is 67.6 Å². The van der Waals surface area contributed by atoms with Crippen LogP contribution in [0.3, 0.4) is 0 Å². The maximum atomic E-state index is 12.4. The van der Waals surface area contributed by atoms with Gasteiger partial charge in [0.25, 0.3) is 0 Å². The molecule has 30 heavy (non-hydrogen) atoms. The zero-order chi connectivity index (χ0) is 21.3. The van der Waals surface area contributed by atoms with E-state index >= 15 is 0 Å². The lowest BCUT2D eigenvalue weighted by Crippen LogP contribution is -2.47. The number of nitrogens with one attached hydrogen (secondary N) is 2. The summed E-state index contributed by atoms with van der Waals surface area (Å²) in [7, 11) is 0. The molecule has 1 aliphatic heterocycles. The summed E-state index contributed by atoms with van der Waals surface area (Å²) >= 11 is 0. The van der Waals surface area contributed by atoms with Gasteiger partial charge in [-0.15, -0.1) is 0 Å². The SMILES string of the molecule is CCN(CC(=O)NC(=O)NCc1ccccc1)C1CCN(C(C)c2ccccc2)C1. The first-order valence-electron chi connectivity index (χ1n) is 10.7. The largest absolute Gasteiger partial charge is 0.334 e. The summed E-state index contributed by atoms with van der Waals surface area (Å²) in [5.41, 5.74) is 2.31. The van der Waals surface area contributed by atoms with Gasteiger partial charge in [-0.25, -0.2) is 4.79 Å². The molecule has 2 atom stereocenters. The van der Waals surface area contributed by atoms with E-state index in [4.69, 9.17) is 0 Å². The number of carbonyl (C=O) groups excluding carboxylic acids is 2. The number of carbonyl (C=O) groups is 2. The van der Waals surface area contributed by atoms with Crippen molar-refractivity contribution in [2.45, 2.75) is 38.9 Å². The zero-order valence-electron chi connectivity index (χ0n) is 17.9. The highest BCUT2D eigenvalue weighted by atomic mass is 16.2. The van der Waals surface area contributed by atoms with Crippen molar-refractivity contribution in [3.05, 3.63) is 71.8 Å². The standard InChI is InChI=1S/C24H32N4O2/c1-3-27(18-23(29)26-24(30)25-16-20-10-6-4-7-11-20)22-14-15-28(17-22)19(2)21-12-8-5-9-13-21/h4-13,19,22H,3,14-18H2,1-2H3,(H2,25,26,29,30). The Morgan fingerprint density at radius 2 is 1.77 bits per heavy atom. The monoisotopic (exact) mass is 408 g/mol. The van der Waals surface area contributed by atoms with Crippen LogP contribution in [0.25, 0.3) is 0 Å². The summed E-state index contributed by atoms with van der Waals surface area (Å²) in [6, 6.07) is 20.4. The molecule has 3 rings (SSSR count). The van der Waals surface area contributed by atoms with Crippen LogP contribution in [0.4, 0.5) is 4.79 Å². The van der Waals surface area contributed by atoms with Crippen LogP contribution in [-0.4, -0.2) is 54.0 Å². The first-order chi connectivity index (χ1) is 14.6. The molecule has 1 saturated heterocycles. The lowest BCUT2D eigenvalue weighted by molar-refractivity contribution is -0.121. The van der Waals surface area contributed by atoms with Gasteiger partial charge in [-0.05, 0) is 31.0 Å². The summed E-state index contributed by atoms with van der Waals surface area (Å²) in [5.74, 6) is -0.267. The van der Waals surface area contributed by atoms with Gasteiger partial charge >= 0.3 is 6.03 Å². The van der Waals surface area contributed by atoms with E-state index in [2.05, 4.69) is 58.5 Å². The van der Waals surface area contributed by atoms with Gasteiger partial charge in [0, 0.05) is 31.7 Å². The number of amides is 3. The summed E-state index contributed by atoms with van der Waals surface area (Å²) in [4.78, 5) is 29.1. The minimum absolute atomic E-state index is 0.230. The average molecular weight is 409 g/mol. The van der Waals surface area contributed by atoms with E-state index in [9.17, 15) is 9.59 Å². The second-order valence-electron chi connectivity index (χ2n) is 7.80. The van der Waals surface area contributed by atoms with E-state index in [1.54, 1.807) is 0 Å². The highest BCUT2D eigenvalue weighted by Gasteiger charge is 2.31. The van der Waals surface area contributed by atoms with E-state index in [1.165, 1.54) is 5.56 Å². The third kappa shape index (κ3) is 6.15. The van der Waals surface area contributed by atoms with Gasteiger partial charge in [0.1, 0.15) is 0 Å². The molecular formula is C24H32N4O2. The number of urea groups is 1. The third-order valence-electron chi connectivity index (χ3n) is 5.84. The molecule has 6 heteroatoms. The first-order valence-corrected chi connectivity index (χ1v) is 10.7. The molecule has 1 aliphatic rings. The minimum atomic E-state index is -0.453. The predicted octanol–water partition coefficient (Wildman–Crippen LogP) is 3.17. The van der Waals surface area contributed by atoms with E-state index in [-0.39, 0.29) is 12.5 Å². The number of nitrogens with zero attached hydrogens (tertiary/aromatic N) is 2. The second-order valence-corrected chi connectivity index (χ2v) is 7.80. The molecule has 2 unspecified atom stereocenters. The predicted molar refractivity (Wildman–Crippen MR) is 119 cm³/mol. The van der Waals surface area contributed by atoms with Gasteiger partial charge in [0.2, 0.25) is 5.91 Å². The third-order valence-corrected chi connectivity index (χ3v) is 5.84. The number of likely N-dealkylation sites (N-methyl/N-ethyl adjacent to an activating group) is 1. The van der Waals surface area contributed by atoms with Gasteiger partial charge < -0.3 is 5.32 Å². The molecule has 3 amide bonds. The highest BCUT2D eigenvalue weighted by molar-refractivity contribution is 5.95. The van der Waals surface area contributed by atoms with Gasteiger partial charge in [0.05, 0.1) is 6.54 Å². The molecule has 2 N–H and O–H groups in total. The quantitative estimate of drug-likeness (QED) is 0.704. The minimum Gasteiger partial charge on any atom is -0.334 e. The molecule has 0 spiro atoms. The van der Waals surface area contributed by atoms with Gasteiger partial charge in [-0.2, -0.15) is 0 Å². The molecular weight excluding hydrogens is 376 g/mol. The maximum Gasteiger partial charge on any atom is 0.321 e. The highest BCUT2D eigenvalue weighted by Crippen LogP contribution is 2.26.